The number of aliphatic carboxylic acids is 1. The van der Waals surface area contributed by atoms with Crippen molar-refractivity contribution >= 4 is 17.3 Å². The lowest BCUT2D eigenvalue weighted by Gasteiger charge is -2.36. The van der Waals surface area contributed by atoms with Crippen LogP contribution in [0.3, 0.4) is 0 Å². The highest BCUT2D eigenvalue weighted by Crippen LogP contribution is 2.38. The Morgan fingerprint density at radius 1 is 1.15 bits per heavy atom. The molecule has 1 atom stereocenters. The van der Waals surface area contributed by atoms with Crippen molar-refractivity contribution < 1.29 is 14.7 Å². The third-order valence-electron chi connectivity index (χ3n) is 5.10. The van der Waals surface area contributed by atoms with Crippen LogP contribution in [0, 0.1) is 0 Å². The van der Waals surface area contributed by atoms with Crippen LogP contribution < -0.4 is 0 Å². The molecule has 1 unspecified atom stereocenters. The Kier molecular flexibility index (Phi) is 4.24. The Hall–Kier alpha value is -3.40. The van der Waals surface area contributed by atoms with Crippen LogP contribution in [0.25, 0.3) is 5.57 Å². The number of nitrogens with zero attached hydrogens (tertiary/aromatic N) is 1. The number of benzene rings is 1. The van der Waals surface area contributed by atoms with E-state index in [1.54, 1.807) is 6.92 Å². The topological polar surface area (TPSA) is 57.6 Å². The van der Waals surface area contributed by atoms with Crippen LogP contribution in [0.15, 0.2) is 95.4 Å². The summed E-state index contributed by atoms with van der Waals surface area (Å²) in [4.78, 5) is 27.1. The summed E-state index contributed by atoms with van der Waals surface area (Å²) in [6.07, 6.45) is 13.7. The Morgan fingerprint density at radius 2 is 1.93 bits per heavy atom. The predicted octanol–water partition coefficient (Wildman–Crippen LogP) is 4.02. The first kappa shape index (κ1) is 17.0. The first-order valence-electron chi connectivity index (χ1n) is 8.86. The van der Waals surface area contributed by atoms with Crippen molar-refractivity contribution in [2.24, 2.45) is 0 Å². The second kappa shape index (κ2) is 6.72. The van der Waals surface area contributed by atoms with Gasteiger partial charge in [-0.3, -0.25) is 4.79 Å². The summed E-state index contributed by atoms with van der Waals surface area (Å²) in [6.45, 7) is 1.73. The van der Waals surface area contributed by atoms with Gasteiger partial charge in [0.05, 0.1) is 17.3 Å². The molecule has 1 N–H and O–H groups in total. The molecule has 0 radical (unpaired) electrons. The first-order chi connectivity index (χ1) is 13.1. The number of carboxylic acid groups (broad SMARTS) is 1. The molecule has 4 nitrogen and oxygen atoms in total. The maximum atomic E-state index is 13.1. The minimum Gasteiger partial charge on any atom is -0.478 e. The van der Waals surface area contributed by atoms with Gasteiger partial charge < -0.3 is 10.0 Å². The second-order valence-electron chi connectivity index (χ2n) is 6.70. The van der Waals surface area contributed by atoms with E-state index in [-0.39, 0.29) is 23.8 Å². The highest BCUT2D eigenvalue weighted by Gasteiger charge is 2.35. The third kappa shape index (κ3) is 2.89. The summed E-state index contributed by atoms with van der Waals surface area (Å²) >= 11 is 0. The van der Waals surface area contributed by atoms with E-state index in [4.69, 9.17) is 0 Å². The largest absolute Gasteiger partial charge is 0.478 e. The number of hydrogen-bond acceptors (Lipinski definition) is 3. The molecule has 0 saturated carbocycles. The van der Waals surface area contributed by atoms with Crippen LogP contribution in [0.1, 0.15) is 18.9 Å². The van der Waals surface area contributed by atoms with E-state index in [0.29, 0.717) is 16.8 Å². The van der Waals surface area contributed by atoms with Gasteiger partial charge in [0.1, 0.15) is 0 Å². The average Bonchev–Trinajstić information content (AvgIpc) is 2.68. The van der Waals surface area contributed by atoms with Gasteiger partial charge in [0.15, 0.2) is 5.78 Å². The summed E-state index contributed by atoms with van der Waals surface area (Å²) in [5.41, 5.74) is 3.60. The van der Waals surface area contributed by atoms with Crippen LogP contribution in [-0.4, -0.2) is 27.8 Å². The molecule has 27 heavy (non-hydrogen) atoms. The fraction of sp³-hybridized carbons (Fsp3) is 0.130. The summed E-state index contributed by atoms with van der Waals surface area (Å²) in [6, 6.07) is 9.18. The molecule has 1 heterocycles. The van der Waals surface area contributed by atoms with Gasteiger partial charge in [0, 0.05) is 12.6 Å². The lowest BCUT2D eigenvalue weighted by molar-refractivity contribution is -0.132. The normalized spacial score (nSPS) is 21.5. The summed E-state index contributed by atoms with van der Waals surface area (Å²) < 4.78 is 0. The smallest absolute Gasteiger partial charge is 0.336 e. The zero-order valence-corrected chi connectivity index (χ0v) is 14.9. The summed E-state index contributed by atoms with van der Waals surface area (Å²) in [5, 5.41) is 9.90. The molecule has 134 valence electrons. The fourth-order valence-corrected chi connectivity index (χ4v) is 3.91. The van der Waals surface area contributed by atoms with Gasteiger partial charge in [-0.1, -0.05) is 60.7 Å². The molecular formula is C23H19NO3. The van der Waals surface area contributed by atoms with Crippen LogP contribution in [-0.2, 0) is 9.59 Å². The number of rotatable bonds is 3. The van der Waals surface area contributed by atoms with Crippen molar-refractivity contribution in [3.05, 3.63) is 101 Å². The van der Waals surface area contributed by atoms with E-state index in [0.717, 1.165) is 11.1 Å². The van der Waals surface area contributed by atoms with E-state index < -0.39 is 5.97 Å². The van der Waals surface area contributed by atoms with Gasteiger partial charge in [-0.05, 0) is 35.3 Å². The van der Waals surface area contributed by atoms with E-state index in [1.165, 1.54) is 0 Å². The highest BCUT2D eigenvalue weighted by atomic mass is 16.4. The average molecular weight is 357 g/mol. The maximum absolute atomic E-state index is 13.1. The fourth-order valence-electron chi connectivity index (χ4n) is 3.91. The zero-order chi connectivity index (χ0) is 19.0. The molecule has 0 spiro atoms. The number of carboxylic acids is 1. The Balaban J connectivity index is 1.86. The van der Waals surface area contributed by atoms with E-state index in [9.17, 15) is 14.7 Å². The van der Waals surface area contributed by atoms with Crippen LogP contribution in [0.2, 0.25) is 0 Å². The molecule has 0 bridgehead atoms. The van der Waals surface area contributed by atoms with Gasteiger partial charge in [0.2, 0.25) is 0 Å². The van der Waals surface area contributed by atoms with Gasteiger partial charge >= 0.3 is 5.97 Å². The molecular weight excluding hydrogens is 338 g/mol. The van der Waals surface area contributed by atoms with Crippen molar-refractivity contribution in [3.8, 4) is 0 Å². The summed E-state index contributed by atoms with van der Waals surface area (Å²) in [5.74, 6) is -1.07. The zero-order valence-electron chi connectivity index (χ0n) is 14.9. The number of hydrogen-bond donors (Lipinski definition) is 1. The quantitative estimate of drug-likeness (QED) is 0.888. The molecule has 4 rings (SSSR count). The van der Waals surface area contributed by atoms with Gasteiger partial charge in [0.25, 0.3) is 0 Å². The van der Waals surface area contributed by atoms with Gasteiger partial charge in [-0.25, -0.2) is 4.79 Å². The molecule has 2 aliphatic carbocycles. The van der Waals surface area contributed by atoms with Gasteiger partial charge in [-0.2, -0.15) is 0 Å². The van der Waals surface area contributed by atoms with E-state index in [2.05, 4.69) is 0 Å². The van der Waals surface area contributed by atoms with Crippen LogP contribution in [0.5, 0.6) is 0 Å². The van der Waals surface area contributed by atoms with Crippen molar-refractivity contribution in [3.63, 3.8) is 0 Å². The molecule has 0 fully saturated rings. The SMILES string of the molecule is CC1=C(N2C=CC=C3C=CC=CC32)C(=O)CC(c2ccccc2)=C1C(=O)O. The minimum absolute atomic E-state index is 0.0646. The lowest BCUT2D eigenvalue weighted by Crippen LogP contribution is -2.37. The number of Topliss-reactive ketones (excluding diaryl/α,β-unsaturated/α-hetero) is 1. The molecule has 4 heteroatoms. The number of carbonyl (C=O) groups excluding carboxylic acids is 1. The number of carbonyl (C=O) groups is 2. The van der Waals surface area contributed by atoms with Gasteiger partial charge in [-0.15, -0.1) is 0 Å². The van der Waals surface area contributed by atoms with Crippen molar-refractivity contribution in [1.29, 1.82) is 0 Å². The number of fused-ring (bicyclic) bond motifs is 1. The van der Waals surface area contributed by atoms with Crippen LogP contribution >= 0.6 is 0 Å². The molecule has 0 saturated heterocycles. The number of allylic oxidation sites excluding steroid dienone is 6. The Morgan fingerprint density at radius 3 is 2.67 bits per heavy atom. The molecule has 0 amide bonds. The molecule has 3 aliphatic rings. The standard InChI is InChI=1S/C23H19NO3/c1-15-21(23(26)27)18(16-8-3-2-4-9-16)14-20(25)22(15)24-13-7-11-17-10-5-6-12-19(17)24/h2-13,19H,14H2,1H3,(H,26,27). The first-order valence-corrected chi connectivity index (χ1v) is 8.86. The molecule has 1 aliphatic heterocycles. The number of ketones is 1. The van der Waals surface area contributed by atoms with Crippen molar-refractivity contribution in [2.75, 3.05) is 0 Å². The Labute approximate surface area is 157 Å². The maximum Gasteiger partial charge on any atom is 0.336 e. The third-order valence-corrected chi connectivity index (χ3v) is 5.10. The lowest BCUT2D eigenvalue weighted by atomic mass is 9.83. The van der Waals surface area contributed by atoms with E-state index >= 15 is 0 Å². The molecule has 0 aromatic heterocycles. The van der Waals surface area contributed by atoms with Crippen molar-refractivity contribution in [2.45, 2.75) is 19.4 Å². The minimum atomic E-state index is -1.01. The molecule has 1 aromatic carbocycles. The monoisotopic (exact) mass is 357 g/mol. The highest BCUT2D eigenvalue weighted by molar-refractivity contribution is 6.13. The van der Waals surface area contributed by atoms with Crippen molar-refractivity contribution in [1.82, 2.24) is 4.90 Å². The predicted molar refractivity (Wildman–Crippen MR) is 104 cm³/mol. The Bertz CT molecular complexity index is 1000. The second-order valence-corrected chi connectivity index (χ2v) is 6.70. The summed E-state index contributed by atoms with van der Waals surface area (Å²) in [7, 11) is 0. The molecule has 1 aromatic rings. The van der Waals surface area contributed by atoms with E-state index in [1.807, 2.05) is 77.9 Å². The van der Waals surface area contributed by atoms with Crippen LogP contribution in [0.4, 0.5) is 0 Å².